The van der Waals surface area contributed by atoms with Crippen molar-refractivity contribution < 1.29 is 9.53 Å². The molecule has 0 saturated carbocycles. The van der Waals surface area contributed by atoms with E-state index in [0.717, 1.165) is 47.6 Å². The molecule has 1 aliphatic rings. The molecule has 5 heteroatoms. The highest BCUT2D eigenvalue weighted by Gasteiger charge is 2.21. The Hall–Kier alpha value is -1.60. The van der Waals surface area contributed by atoms with Gasteiger partial charge in [-0.05, 0) is 59.0 Å². The van der Waals surface area contributed by atoms with Crippen LogP contribution in [0.1, 0.15) is 10.4 Å². The van der Waals surface area contributed by atoms with Gasteiger partial charge in [0.05, 0.1) is 0 Å². The van der Waals surface area contributed by atoms with E-state index in [2.05, 4.69) is 27.5 Å². The molecule has 126 valence electrons. The maximum atomic E-state index is 12.5. The number of amides is 1. The highest BCUT2D eigenvalue weighted by Crippen LogP contribution is 2.12. The molecule has 0 N–H and O–H groups in total. The van der Waals surface area contributed by atoms with Gasteiger partial charge in [-0.3, -0.25) is 9.69 Å². The highest BCUT2D eigenvalue weighted by molar-refractivity contribution is 14.1. The summed E-state index contributed by atoms with van der Waals surface area (Å²) < 4.78 is 6.89. The lowest BCUT2D eigenvalue weighted by molar-refractivity contribution is 0.0620. The van der Waals surface area contributed by atoms with Crippen molar-refractivity contribution >= 4 is 28.5 Å². The molecule has 24 heavy (non-hydrogen) atoms. The highest BCUT2D eigenvalue weighted by atomic mass is 127. The lowest BCUT2D eigenvalue weighted by Crippen LogP contribution is -2.49. The van der Waals surface area contributed by atoms with Crippen LogP contribution in [-0.2, 0) is 0 Å². The molecule has 0 radical (unpaired) electrons. The van der Waals surface area contributed by atoms with Crippen LogP contribution < -0.4 is 4.74 Å². The van der Waals surface area contributed by atoms with Gasteiger partial charge in [0.2, 0.25) is 0 Å². The standard InChI is InChI=1S/C19H21IN2O2/c20-17-8-6-16(7-9-17)19(23)22-12-10-21(11-13-22)14-15-24-18-4-2-1-3-5-18/h1-9H,10-15H2. The summed E-state index contributed by atoms with van der Waals surface area (Å²) in [4.78, 5) is 16.8. The molecule has 0 unspecified atom stereocenters. The zero-order valence-electron chi connectivity index (χ0n) is 13.5. The number of benzene rings is 2. The fraction of sp³-hybridized carbons (Fsp3) is 0.316. The van der Waals surface area contributed by atoms with Crippen molar-refractivity contribution in [1.29, 1.82) is 0 Å². The Labute approximate surface area is 156 Å². The Bertz CT molecular complexity index is 653. The van der Waals surface area contributed by atoms with Gasteiger partial charge >= 0.3 is 0 Å². The quantitative estimate of drug-likeness (QED) is 0.676. The lowest BCUT2D eigenvalue weighted by Gasteiger charge is -2.34. The minimum atomic E-state index is 0.131. The molecule has 1 amide bonds. The minimum absolute atomic E-state index is 0.131. The van der Waals surface area contributed by atoms with Gasteiger partial charge in [0, 0.05) is 41.9 Å². The molecule has 0 spiro atoms. The second-order valence-electron chi connectivity index (χ2n) is 5.80. The Morgan fingerprint density at radius 2 is 1.62 bits per heavy atom. The molecular weight excluding hydrogens is 415 g/mol. The first-order chi connectivity index (χ1) is 11.7. The number of hydrogen-bond acceptors (Lipinski definition) is 3. The predicted octanol–water partition coefficient (Wildman–Crippen LogP) is 3.13. The number of nitrogens with zero attached hydrogens (tertiary/aromatic N) is 2. The number of para-hydroxylation sites is 1. The maximum absolute atomic E-state index is 12.5. The van der Waals surface area contributed by atoms with Gasteiger partial charge in [0.1, 0.15) is 12.4 Å². The van der Waals surface area contributed by atoms with Crippen molar-refractivity contribution in [3.8, 4) is 5.75 Å². The van der Waals surface area contributed by atoms with Crippen molar-refractivity contribution in [2.75, 3.05) is 39.3 Å². The molecular formula is C19H21IN2O2. The van der Waals surface area contributed by atoms with E-state index >= 15 is 0 Å². The van der Waals surface area contributed by atoms with Gasteiger partial charge in [-0.15, -0.1) is 0 Å². The summed E-state index contributed by atoms with van der Waals surface area (Å²) >= 11 is 2.25. The molecule has 0 bridgehead atoms. The van der Waals surface area contributed by atoms with Gasteiger partial charge in [-0.1, -0.05) is 18.2 Å². The normalized spacial score (nSPS) is 15.3. The number of ether oxygens (including phenoxy) is 1. The van der Waals surface area contributed by atoms with Crippen LogP contribution in [0.4, 0.5) is 0 Å². The fourth-order valence-electron chi connectivity index (χ4n) is 2.76. The fourth-order valence-corrected chi connectivity index (χ4v) is 3.12. The summed E-state index contributed by atoms with van der Waals surface area (Å²) in [6.07, 6.45) is 0. The van der Waals surface area contributed by atoms with Crippen LogP contribution in [0, 0.1) is 3.57 Å². The largest absolute Gasteiger partial charge is 0.492 e. The van der Waals surface area contributed by atoms with Crippen LogP contribution in [-0.4, -0.2) is 55.0 Å². The van der Waals surface area contributed by atoms with Crippen LogP contribution in [0.2, 0.25) is 0 Å². The van der Waals surface area contributed by atoms with Crippen LogP contribution >= 0.6 is 22.6 Å². The summed E-state index contributed by atoms with van der Waals surface area (Å²) in [6.45, 7) is 4.91. The first kappa shape index (κ1) is 17.2. The summed E-state index contributed by atoms with van der Waals surface area (Å²) in [5.41, 5.74) is 0.774. The van der Waals surface area contributed by atoms with E-state index in [1.807, 2.05) is 59.5 Å². The van der Waals surface area contributed by atoms with E-state index in [9.17, 15) is 4.79 Å². The second-order valence-corrected chi connectivity index (χ2v) is 7.05. The third kappa shape index (κ3) is 4.70. The van der Waals surface area contributed by atoms with Crippen molar-refractivity contribution in [1.82, 2.24) is 9.80 Å². The van der Waals surface area contributed by atoms with Crippen LogP contribution in [0.5, 0.6) is 5.75 Å². The second kappa shape index (κ2) is 8.48. The number of halogens is 1. The maximum Gasteiger partial charge on any atom is 0.253 e. The third-order valence-electron chi connectivity index (χ3n) is 4.17. The Morgan fingerprint density at radius 3 is 2.29 bits per heavy atom. The smallest absolute Gasteiger partial charge is 0.253 e. The number of carbonyl (C=O) groups is 1. The van der Waals surface area contributed by atoms with Crippen molar-refractivity contribution in [2.45, 2.75) is 0 Å². The average molecular weight is 436 g/mol. The monoisotopic (exact) mass is 436 g/mol. The average Bonchev–Trinajstić information content (AvgIpc) is 2.63. The summed E-state index contributed by atoms with van der Waals surface area (Å²) in [7, 11) is 0. The van der Waals surface area contributed by atoms with E-state index in [-0.39, 0.29) is 5.91 Å². The van der Waals surface area contributed by atoms with E-state index in [0.29, 0.717) is 6.61 Å². The van der Waals surface area contributed by atoms with Crippen molar-refractivity contribution in [3.63, 3.8) is 0 Å². The molecule has 2 aromatic carbocycles. The molecule has 0 atom stereocenters. The van der Waals surface area contributed by atoms with Crippen LogP contribution in [0.15, 0.2) is 54.6 Å². The summed E-state index contributed by atoms with van der Waals surface area (Å²) in [6, 6.07) is 17.6. The van der Waals surface area contributed by atoms with E-state index < -0.39 is 0 Å². The molecule has 1 fully saturated rings. The Balaban J connectivity index is 1.42. The van der Waals surface area contributed by atoms with E-state index in [1.54, 1.807) is 0 Å². The number of rotatable bonds is 5. The van der Waals surface area contributed by atoms with Gasteiger partial charge < -0.3 is 9.64 Å². The van der Waals surface area contributed by atoms with E-state index in [1.165, 1.54) is 0 Å². The van der Waals surface area contributed by atoms with Gasteiger partial charge in [0.15, 0.2) is 0 Å². The topological polar surface area (TPSA) is 32.8 Å². The molecule has 3 rings (SSSR count). The molecule has 1 aliphatic heterocycles. The lowest BCUT2D eigenvalue weighted by atomic mass is 10.2. The molecule has 1 heterocycles. The van der Waals surface area contributed by atoms with Crippen molar-refractivity contribution in [3.05, 3.63) is 63.7 Å². The zero-order valence-corrected chi connectivity index (χ0v) is 15.7. The minimum Gasteiger partial charge on any atom is -0.492 e. The van der Waals surface area contributed by atoms with Gasteiger partial charge in [-0.25, -0.2) is 0 Å². The first-order valence-electron chi connectivity index (χ1n) is 8.17. The Morgan fingerprint density at radius 1 is 0.958 bits per heavy atom. The Kier molecular flexibility index (Phi) is 6.09. The summed E-state index contributed by atoms with van der Waals surface area (Å²) in [5.74, 6) is 1.04. The molecule has 1 saturated heterocycles. The SMILES string of the molecule is O=C(c1ccc(I)cc1)N1CCN(CCOc2ccccc2)CC1. The number of carbonyl (C=O) groups excluding carboxylic acids is 1. The molecule has 4 nitrogen and oxygen atoms in total. The van der Waals surface area contributed by atoms with Crippen LogP contribution in [0.25, 0.3) is 0 Å². The summed E-state index contributed by atoms with van der Waals surface area (Å²) in [5, 5.41) is 0. The van der Waals surface area contributed by atoms with Gasteiger partial charge in [0.25, 0.3) is 5.91 Å². The van der Waals surface area contributed by atoms with E-state index in [4.69, 9.17) is 4.74 Å². The number of piperazine rings is 1. The molecule has 0 aliphatic carbocycles. The van der Waals surface area contributed by atoms with Crippen molar-refractivity contribution in [2.24, 2.45) is 0 Å². The number of hydrogen-bond donors (Lipinski definition) is 0. The predicted molar refractivity (Wildman–Crippen MR) is 103 cm³/mol. The van der Waals surface area contributed by atoms with Crippen LogP contribution in [0.3, 0.4) is 0 Å². The zero-order chi connectivity index (χ0) is 16.8. The van der Waals surface area contributed by atoms with Gasteiger partial charge in [-0.2, -0.15) is 0 Å². The third-order valence-corrected chi connectivity index (χ3v) is 4.89. The molecule has 0 aromatic heterocycles. The molecule has 2 aromatic rings. The first-order valence-corrected chi connectivity index (χ1v) is 9.25.